The van der Waals surface area contributed by atoms with Gasteiger partial charge in [0.25, 0.3) is 0 Å². The molecule has 0 unspecified atom stereocenters. The molecule has 23 heavy (non-hydrogen) atoms. The Balaban J connectivity index is 1.83. The molecule has 0 radical (unpaired) electrons. The average Bonchev–Trinajstić information content (AvgIpc) is 3.08. The summed E-state index contributed by atoms with van der Waals surface area (Å²) < 4.78 is 9.95. The molecule has 3 aromatic rings. The monoisotopic (exact) mass is 313 g/mol. The third-order valence-electron chi connectivity index (χ3n) is 3.35. The molecular weight excluding hydrogens is 298 g/mol. The van der Waals surface area contributed by atoms with Crippen LogP contribution < -0.4 is 10.1 Å². The number of hydrogen-bond donors (Lipinski definition) is 2. The van der Waals surface area contributed by atoms with Crippen molar-refractivity contribution in [2.24, 2.45) is 0 Å². The van der Waals surface area contributed by atoms with Gasteiger partial charge in [0, 0.05) is 6.54 Å². The van der Waals surface area contributed by atoms with Gasteiger partial charge in [-0.25, -0.2) is 19.7 Å². The van der Waals surface area contributed by atoms with E-state index < -0.39 is 5.97 Å². The van der Waals surface area contributed by atoms with Crippen LogP contribution in [0.2, 0.25) is 0 Å². The number of rotatable bonds is 5. The minimum absolute atomic E-state index is 0.378. The van der Waals surface area contributed by atoms with E-state index in [1.165, 1.54) is 20.5 Å². The second kappa shape index (κ2) is 6.30. The fourth-order valence-electron chi connectivity index (χ4n) is 2.22. The minimum atomic E-state index is -0.443. The van der Waals surface area contributed by atoms with Crippen molar-refractivity contribution in [3.05, 3.63) is 42.0 Å². The van der Waals surface area contributed by atoms with E-state index in [2.05, 4.69) is 25.3 Å². The number of benzene rings is 1. The van der Waals surface area contributed by atoms with Crippen molar-refractivity contribution in [3.8, 4) is 5.75 Å². The van der Waals surface area contributed by atoms with E-state index in [1.54, 1.807) is 18.5 Å². The van der Waals surface area contributed by atoms with Crippen molar-refractivity contribution in [1.29, 1.82) is 0 Å². The summed E-state index contributed by atoms with van der Waals surface area (Å²) in [6.45, 7) is 0.471. The van der Waals surface area contributed by atoms with Gasteiger partial charge in [0.15, 0.2) is 11.5 Å². The van der Waals surface area contributed by atoms with Crippen LogP contribution >= 0.6 is 0 Å². The Labute approximate surface area is 131 Å². The van der Waals surface area contributed by atoms with Gasteiger partial charge < -0.3 is 19.8 Å². The molecule has 2 N–H and O–H groups in total. The first-order valence-corrected chi connectivity index (χ1v) is 6.86. The summed E-state index contributed by atoms with van der Waals surface area (Å²) >= 11 is 0. The number of aromatic amines is 1. The standard InChI is InChI=1S/C15H15N5O3/c1-22-11-4-3-9(5-10(11)15(21)23-2)6-16-13-12-14(18-7-17-12)20-8-19-13/h3-5,7-8H,6H2,1-2H3,(H2,16,17,18,19,20). The number of nitrogens with zero attached hydrogens (tertiary/aromatic N) is 3. The van der Waals surface area contributed by atoms with E-state index in [0.29, 0.717) is 29.3 Å². The van der Waals surface area contributed by atoms with Crippen LogP contribution in [0.25, 0.3) is 11.2 Å². The maximum atomic E-state index is 11.8. The Morgan fingerprint density at radius 2 is 2.13 bits per heavy atom. The zero-order valence-corrected chi connectivity index (χ0v) is 12.7. The third-order valence-corrected chi connectivity index (χ3v) is 3.35. The number of carbonyl (C=O) groups is 1. The van der Waals surface area contributed by atoms with Gasteiger partial charge in [-0.1, -0.05) is 6.07 Å². The molecule has 0 fully saturated rings. The zero-order chi connectivity index (χ0) is 16.2. The summed E-state index contributed by atoms with van der Waals surface area (Å²) in [5.41, 5.74) is 2.59. The van der Waals surface area contributed by atoms with Crippen molar-refractivity contribution in [1.82, 2.24) is 19.9 Å². The number of ether oxygens (including phenoxy) is 2. The topological polar surface area (TPSA) is 102 Å². The van der Waals surface area contributed by atoms with Crippen molar-refractivity contribution in [2.45, 2.75) is 6.54 Å². The normalized spacial score (nSPS) is 10.5. The van der Waals surface area contributed by atoms with Crippen LogP contribution in [-0.2, 0) is 11.3 Å². The average molecular weight is 313 g/mol. The van der Waals surface area contributed by atoms with Gasteiger partial charge in [0.05, 0.1) is 20.5 Å². The molecular formula is C15H15N5O3. The van der Waals surface area contributed by atoms with Crippen LogP contribution in [0.15, 0.2) is 30.9 Å². The van der Waals surface area contributed by atoms with Crippen LogP contribution in [0, 0.1) is 0 Å². The second-order valence-electron chi connectivity index (χ2n) is 4.70. The summed E-state index contributed by atoms with van der Waals surface area (Å²) in [4.78, 5) is 27.1. The second-order valence-corrected chi connectivity index (χ2v) is 4.70. The Bertz CT molecular complexity index is 846. The first-order chi connectivity index (χ1) is 11.2. The van der Waals surface area contributed by atoms with Crippen molar-refractivity contribution >= 4 is 23.0 Å². The van der Waals surface area contributed by atoms with Crippen LogP contribution in [0.3, 0.4) is 0 Å². The largest absolute Gasteiger partial charge is 0.496 e. The number of anilines is 1. The number of imidazole rings is 1. The van der Waals surface area contributed by atoms with E-state index in [1.807, 2.05) is 6.07 Å². The smallest absolute Gasteiger partial charge is 0.341 e. The number of esters is 1. The predicted octanol–water partition coefficient (Wildman–Crippen LogP) is 1.76. The van der Waals surface area contributed by atoms with Crippen molar-refractivity contribution in [3.63, 3.8) is 0 Å². The van der Waals surface area contributed by atoms with Crippen LogP contribution in [0.1, 0.15) is 15.9 Å². The maximum absolute atomic E-state index is 11.8. The molecule has 0 spiro atoms. The van der Waals surface area contributed by atoms with Crippen molar-refractivity contribution in [2.75, 3.05) is 19.5 Å². The van der Waals surface area contributed by atoms with Crippen LogP contribution in [0.4, 0.5) is 5.82 Å². The highest BCUT2D eigenvalue weighted by atomic mass is 16.5. The van der Waals surface area contributed by atoms with Gasteiger partial charge in [-0.15, -0.1) is 0 Å². The number of methoxy groups -OCH3 is 2. The molecule has 0 bridgehead atoms. The Hall–Kier alpha value is -3.16. The molecule has 0 saturated carbocycles. The van der Waals surface area contributed by atoms with Gasteiger partial charge in [-0.05, 0) is 17.7 Å². The number of aromatic nitrogens is 4. The number of hydrogen-bond acceptors (Lipinski definition) is 7. The summed E-state index contributed by atoms with van der Waals surface area (Å²) in [6, 6.07) is 5.32. The van der Waals surface area contributed by atoms with Gasteiger partial charge in [0.2, 0.25) is 0 Å². The molecule has 0 aliphatic carbocycles. The number of H-pyrrole nitrogens is 1. The number of fused-ring (bicyclic) bond motifs is 1. The van der Waals surface area contributed by atoms with Gasteiger partial charge in [0.1, 0.15) is 23.2 Å². The summed E-state index contributed by atoms with van der Waals surface area (Å²) in [5.74, 6) is 0.670. The number of carbonyl (C=O) groups excluding carboxylic acids is 1. The fourth-order valence-corrected chi connectivity index (χ4v) is 2.22. The van der Waals surface area contributed by atoms with Crippen LogP contribution in [-0.4, -0.2) is 40.1 Å². The Morgan fingerprint density at radius 1 is 1.26 bits per heavy atom. The van der Waals surface area contributed by atoms with E-state index >= 15 is 0 Å². The SMILES string of the molecule is COC(=O)c1cc(CNc2ncnc3nc[nH]c23)ccc1OC. The summed E-state index contributed by atoms with van der Waals surface area (Å²) in [6.07, 6.45) is 3.01. The van der Waals surface area contributed by atoms with E-state index in [4.69, 9.17) is 9.47 Å². The summed E-state index contributed by atoms with van der Waals surface area (Å²) in [5, 5.41) is 3.20. The molecule has 8 heteroatoms. The fraction of sp³-hybridized carbons (Fsp3) is 0.200. The van der Waals surface area contributed by atoms with E-state index in [0.717, 1.165) is 11.1 Å². The molecule has 1 aromatic carbocycles. The molecule has 2 aromatic heterocycles. The predicted molar refractivity (Wildman–Crippen MR) is 83.3 cm³/mol. The molecule has 0 aliphatic rings. The highest BCUT2D eigenvalue weighted by Gasteiger charge is 2.13. The molecule has 8 nitrogen and oxygen atoms in total. The first kappa shape index (κ1) is 14.8. The minimum Gasteiger partial charge on any atom is -0.496 e. The molecule has 0 aliphatic heterocycles. The lowest BCUT2D eigenvalue weighted by molar-refractivity contribution is 0.0597. The van der Waals surface area contributed by atoms with E-state index in [9.17, 15) is 4.79 Å². The van der Waals surface area contributed by atoms with Crippen molar-refractivity contribution < 1.29 is 14.3 Å². The molecule has 3 rings (SSSR count). The van der Waals surface area contributed by atoms with Gasteiger partial charge in [-0.2, -0.15) is 0 Å². The van der Waals surface area contributed by atoms with Gasteiger partial charge >= 0.3 is 5.97 Å². The molecule has 2 heterocycles. The quantitative estimate of drug-likeness (QED) is 0.692. The molecule has 0 amide bonds. The first-order valence-electron chi connectivity index (χ1n) is 6.86. The molecule has 0 saturated heterocycles. The third kappa shape index (κ3) is 2.91. The highest BCUT2D eigenvalue weighted by Crippen LogP contribution is 2.22. The molecule has 0 atom stereocenters. The number of nitrogens with one attached hydrogen (secondary N) is 2. The lowest BCUT2D eigenvalue weighted by Crippen LogP contribution is -2.07. The lowest BCUT2D eigenvalue weighted by Gasteiger charge is -2.10. The van der Waals surface area contributed by atoms with Gasteiger partial charge in [-0.3, -0.25) is 0 Å². The maximum Gasteiger partial charge on any atom is 0.341 e. The zero-order valence-electron chi connectivity index (χ0n) is 12.7. The lowest BCUT2D eigenvalue weighted by atomic mass is 10.1. The van der Waals surface area contributed by atoms with E-state index in [-0.39, 0.29) is 0 Å². The summed E-state index contributed by atoms with van der Waals surface area (Å²) in [7, 11) is 2.85. The highest BCUT2D eigenvalue weighted by molar-refractivity contribution is 5.92. The Morgan fingerprint density at radius 3 is 2.91 bits per heavy atom. The Kier molecular flexibility index (Phi) is 4.05. The molecule has 118 valence electrons. The van der Waals surface area contributed by atoms with Crippen LogP contribution in [0.5, 0.6) is 5.75 Å².